The molecule has 0 aliphatic heterocycles. The lowest BCUT2D eigenvalue weighted by molar-refractivity contribution is 0.0955. The van der Waals surface area contributed by atoms with Crippen LogP contribution < -0.4 is 16.0 Å². The molecule has 0 saturated carbocycles. The maximum atomic E-state index is 12.1. The molecule has 7 heteroatoms. The molecule has 0 saturated heterocycles. The van der Waals surface area contributed by atoms with Crippen LogP contribution in [0.5, 0.6) is 0 Å². The van der Waals surface area contributed by atoms with Gasteiger partial charge in [0.2, 0.25) is 0 Å². The molecule has 3 rings (SSSR count). The van der Waals surface area contributed by atoms with Crippen molar-refractivity contribution >= 4 is 11.9 Å². The molecule has 0 bridgehead atoms. The fraction of sp³-hybridized carbons (Fsp3) is 0.292. The Hall–Kier alpha value is -3.61. The van der Waals surface area contributed by atoms with E-state index in [0.29, 0.717) is 25.2 Å². The van der Waals surface area contributed by atoms with Crippen LogP contribution in [0.4, 0.5) is 0 Å². The topological polar surface area (TPSA) is 83.3 Å². The Morgan fingerprint density at radius 2 is 1.77 bits per heavy atom. The largest absolute Gasteiger partial charge is 0.357 e. The number of hydrogen-bond donors (Lipinski definition) is 3. The third-order valence-corrected chi connectivity index (χ3v) is 4.75. The van der Waals surface area contributed by atoms with Crippen molar-refractivity contribution in [2.24, 2.45) is 4.99 Å². The Bertz CT molecular complexity index is 997. The van der Waals surface area contributed by atoms with Gasteiger partial charge in [0, 0.05) is 37.6 Å². The highest BCUT2D eigenvalue weighted by Gasteiger charge is 2.06. The summed E-state index contributed by atoms with van der Waals surface area (Å²) in [6, 6.07) is 17.8. The van der Waals surface area contributed by atoms with Gasteiger partial charge in [0.15, 0.2) is 5.96 Å². The number of carbonyl (C=O) groups excluding carboxylic acids is 1. The maximum absolute atomic E-state index is 12.1. The Balaban J connectivity index is 1.66. The van der Waals surface area contributed by atoms with Crippen LogP contribution in [0.15, 0.2) is 72.0 Å². The summed E-state index contributed by atoms with van der Waals surface area (Å²) in [7, 11) is 0. The zero-order chi connectivity index (χ0) is 21.9. The van der Waals surface area contributed by atoms with Gasteiger partial charge in [0.05, 0.1) is 13.1 Å². The van der Waals surface area contributed by atoms with E-state index in [1.165, 1.54) is 11.1 Å². The monoisotopic (exact) mass is 418 g/mol. The molecule has 162 valence electrons. The molecule has 0 spiro atoms. The van der Waals surface area contributed by atoms with Crippen LogP contribution >= 0.6 is 0 Å². The van der Waals surface area contributed by atoms with E-state index in [1.54, 1.807) is 6.20 Å². The van der Waals surface area contributed by atoms with Crippen LogP contribution in [-0.4, -0.2) is 34.7 Å². The van der Waals surface area contributed by atoms with Crippen LogP contribution in [0.3, 0.4) is 0 Å². The molecule has 2 aromatic carbocycles. The number of aliphatic imine (C=N–C) groups is 1. The van der Waals surface area contributed by atoms with E-state index in [-0.39, 0.29) is 5.91 Å². The first-order valence-corrected chi connectivity index (χ1v) is 10.6. The molecule has 0 aliphatic rings. The Kier molecular flexibility index (Phi) is 8.22. The second kappa shape index (κ2) is 11.5. The second-order valence-corrected chi connectivity index (χ2v) is 7.08. The summed E-state index contributed by atoms with van der Waals surface area (Å²) < 4.78 is 1.92. The number of aromatic nitrogens is 2. The molecule has 1 heterocycles. The van der Waals surface area contributed by atoms with E-state index in [4.69, 9.17) is 4.99 Å². The summed E-state index contributed by atoms with van der Waals surface area (Å²) in [5.74, 6) is 0.673. The van der Waals surface area contributed by atoms with Gasteiger partial charge in [-0.15, -0.1) is 0 Å². The van der Waals surface area contributed by atoms with Crippen LogP contribution in [0.25, 0.3) is 0 Å². The summed E-state index contributed by atoms with van der Waals surface area (Å²) in [5.41, 5.74) is 4.05. The van der Waals surface area contributed by atoms with Crippen LogP contribution in [0.2, 0.25) is 0 Å². The van der Waals surface area contributed by atoms with E-state index < -0.39 is 0 Å². The van der Waals surface area contributed by atoms with E-state index in [1.807, 2.05) is 67.2 Å². The summed E-state index contributed by atoms with van der Waals surface area (Å²) >= 11 is 0. The number of nitrogens with one attached hydrogen (secondary N) is 3. The number of rotatable bonds is 9. The molecule has 3 N–H and O–H groups in total. The normalized spacial score (nSPS) is 11.2. The molecular weight excluding hydrogens is 388 g/mol. The number of benzene rings is 2. The van der Waals surface area contributed by atoms with Crippen LogP contribution in [-0.2, 0) is 19.6 Å². The lowest BCUT2D eigenvalue weighted by Gasteiger charge is -2.14. The molecule has 31 heavy (non-hydrogen) atoms. The minimum atomic E-state index is -0.0628. The van der Waals surface area contributed by atoms with Crippen LogP contribution in [0.1, 0.15) is 40.9 Å². The summed E-state index contributed by atoms with van der Waals surface area (Å²) in [6.45, 7) is 7.19. The van der Waals surface area contributed by atoms with Crippen molar-refractivity contribution < 1.29 is 4.79 Å². The molecule has 1 aromatic heterocycles. The summed E-state index contributed by atoms with van der Waals surface area (Å²) in [5, 5.41) is 13.8. The van der Waals surface area contributed by atoms with E-state index in [2.05, 4.69) is 33.2 Å². The average molecular weight is 419 g/mol. The predicted molar refractivity (Wildman–Crippen MR) is 124 cm³/mol. The molecule has 0 radical (unpaired) electrons. The number of guanidine groups is 1. The summed E-state index contributed by atoms with van der Waals surface area (Å²) in [4.78, 5) is 16.8. The van der Waals surface area contributed by atoms with Gasteiger partial charge in [0.25, 0.3) is 5.91 Å². The minimum Gasteiger partial charge on any atom is -0.357 e. The minimum absolute atomic E-state index is 0.0628. The van der Waals surface area contributed by atoms with Crippen molar-refractivity contribution in [1.82, 2.24) is 25.7 Å². The highest BCUT2D eigenvalue weighted by atomic mass is 16.1. The molecule has 0 aliphatic carbocycles. The molecule has 7 nitrogen and oxygen atoms in total. The van der Waals surface area contributed by atoms with Crippen molar-refractivity contribution in [3.63, 3.8) is 0 Å². The first kappa shape index (κ1) is 22.1. The van der Waals surface area contributed by atoms with E-state index in [9.17, 15) is 4.79 Å². The molecular formula is C24H30N6O. The van der Waals surface area contributed by atoms with Crippen molar-refractivity contribution in [3.05, 3.63) is 89.2 Å². The molecule has 0 atom stereocenters. The quantitative estimate of drug-likeness (QED) is 0.369. The van der Waals surface area contributed by atoms with E-state index in [0.717, 1.165) is 24.6 Å². The van der Waals surface area contributed by atoms with Gasteiger partial charge in [0.1, 0.15) is 0 Å². The highest BCUT2D eigenvalue weighted by molar-refractivity contribution is 5.94. The smallest absolute Gasteiger partial charge is 0.251 e. The van der Waals surface area contributed by atoms with Gasteiger partial charge in [-0.05, 0) is 48.7 Å². The standard InChI is InChI=1S/C24H30N6O/c1-3-25-23(31)20-12-7-9-19(15-20)16-27-24(26-4-2)28-17-21-10-5-6-11-22(21)18-30-14-8-13-29-30/h5-15H,3-4,16-18H2,1-2H3,(H,25,31)(H2,26,27,28). The van der Waals surface area contributed by atoms with Crippen molar-refractivity contribution in [1.29, 1.82) is 0 Å². The average Bonchev–Trinajstić information content (AvgIpc) is 3.30. The number of carbonyl (C=O) groups is 1. The molecule has 3 aromatic rings. The Labute approximate surface area is 183 Å². The SMILES string of the molecule is CCNC(=O)c1cccc(CN=C(NCC)NCc2ccccc2Cn2cccn2)c1. The Morgan fingerprint density at radius 3 is 2.52 bits per heavy atom. The lowest BCUT2D eigenvalue weighted by Crippen LogP contribution is -2.37. The number of hydrogen-bond acceptors (Lipinski definition) is 3. The van der Waals surface area contributed by atoms with Gasteiger partial charge in [-0.2, -0.15) is 5.10 Å². The predicted octanol–water partition coefficient (Wildman–Crippen LogP) is 2.94. The van der Waals surface area contributed by atoms with E-state index >= 15 is 0 Å². The van der Waals surface area contributed by atoms with Crippen LogP contribution in [0, 0.1) is 0 Å². The van der Waals surface area contributed by atoms with Gasteiger partial charge in [-0.3, -0.25) is 9.48 Å². The third kappa shape index (κ3) is 6.70. The number of nitrogens with zero attached hydrogens (tertiary/aromatic N) is 3. The fourth-order valence-electron chi connectivity index (χ4n) is 3.22. The van der Waals surface area contributed by atoms with Crippen molar-refractivity contribution in [2.45, 2.75) is 33.5 Å². The van der Waals surface area contributed by atoms with Gasteiger partial charge in [-0.1, -0.05) is 36.4 Å². The Morgan fingerprint density at radius 1 is 0.968 bits per heavy atom. The molecule has 0 fully saturated rings. The first-order chi connectivity index (χ1) is 15.2. The lowest BCUT2D eigenvalue weighted by atomic mass is 10.1. The zero-order valence-electron chi connectivity index (χ0n) is 18.1. The van der Waals surface area contributed by atoms with Gasteiger partial charge in [-0.25, -0.2) is 4.99 Å². The first-order valence-electron chi connectivity index (χ1n) is 10.6. The third-order valence-electron chi connectivity index (χ3n) is 4.75. The molecule has 0 unspecified atom stereocenters. The van der Waals surface area contributed by atoms with Gasteiger partial charge < -0.3 is 16.0 Å². The molecule has 1 amide bonds. The van der Waals surface area contributed by atoms with Crippen molar-refractivity contribution in [3.8, 4) is 0 Å². The van der Waals surface area contributed by atoms with Crippen molar-refractivity contribution in [2.75, 3.05) is 13.1 Å². The highest BCUT2D eigenvalue weighted by Crippen LogP contribution is 2.11. The zero-order valence-corrected chi connectivity index (χ0v) is 18.1. The summed E-state index contributed by atoms with van der Waals surface area (Å²) in [6.07, 6.45) is 3.75. The fourth-order valence-corrected chi connectivity index (χ4v) is 3.22. The van der Waals surface area contributed by atoms with Gasteiger partial charge >= 0.3 is 0 Å². The second-order valence-electron chi connectivity index (χ2n) is 7.08. The number of amides is 1. The maximum Gasteiger partial charge on any atom is 0.251 e.